The highest BCUT2D eigenvalue weighted by Crippen LogP contribution is 2.48. The highest BCUT2D eigenvalue weighted by molar-refractivity contribution is 7.61. The molecule has 6 atom stereocenters. The van der Waals surface area contributed by atoms with Crippen molar-refractivity contribution in [2.24, 2.45) is 0 Å². The molecule has 11 nitrogen and oxygen atoms in total. The lowest BCUT2D eigenvalue weighted by atomic mass is 10.1. The van der Waals surface area contributed by atoms with E-state index in [1.807, 2.05) is 6.66 Å². The molecule has 2 heterocycles. The zero-order valence-electron chi connectivity index (χ0n) is 21.7. The normalized spacial score (nSPS) is 25.7. The van der Waals surface area contributed by atoms with Gasteiger partial charge in [-0.3, -0.25) is 23.6 Å². The molecule has 2 rings (SSSR count). The summed E-state index contributed by atoms with van der Waals surface area (Å²) >= 11 is 0. The Morgan fingerprint density at radius 2 is 1.86 bits per heavy atom. The number of hydrogen-bond acceptors (Lipinski definition) is 9. The Balaban J connectivity index is 2.51. The van der Waals surface area contributed by atoms with Gasteiger partial charge in [0.05, 0.1) is 13.2 Å². The van der Waals surface area contributed by atoms with E-state index in [0.717, 1.165) is 0 Å². The van der Waals surface area contributed by atoms with Crippen LogP contribution in [0, 0.1) is 0 Å². The minimum absolute atomic E-state index is 0.234. The molecule has 0 saturated carbocycles. The van der Waals surface area contributed by atoms with Crippen LogP contribution in [-0.4, -0.2) is 85.4 Å². The zero-order chi connectivity index (χ0) is 26.3. The molecule has 1 aliphatic rings. The first-order chi connectivity index (χ1) is 16.4. The molecular formula is C22H39N3O8P2. The molecular weight excluding hydrogens is 496 g/mol. The van der Waals surface area contributed by atoms with Gasteiger partial charge in [-0.2, -0.15) is 0 Å². The third-order valence-corrected chi connectivity index (χ3v) is 9.08. The second-order valence-electron chi connectivity index (χ2n) is 8.87. The van der Waals surface area contributed by atoms with Gasteiger partial charge in [0.15, 0.2) is 6.23 Å². The van der Waals surface area contributed by atoms with Gasteiger partial charge in [0.1, 0.15) is 26.6 Å². The van der Waals surface area contributed by atoms with Gasteiger partial charge in [0, 0.05) is 45.2 Å². The van der Waals surface area contributed by atoms with Crippen LogP contribution in [0.5, 0.6) is 0 Å². The van der Waals surface area contributed by atoms with Gasteiger partial charge < -0.3 is 23.3 Å². The summed E-state index contributed by atoms with van der Waals surface area (Å²) in [5.74, 6) is 1.47. The number of H-pyrrole nitrogens is 1. The fraction of sp³-hybridized carbons (Fsp3) is 0.727. The Hall–Kier alpha value is -1.16. The van der Waals surface area contributed by atoms with Crippen LogP contribution in [0.3, 0.4) is 0 Å². The summed E-state index contributed by atoms with van der Waals surface area (Å²) in [7, 11) is -1.13. The average molecular weight is 536 g/mol. The summed E-state index contributed by atoms with van der Waals surface area (Å²) in [6.45, 7) is 12.5. The molecule has 0 aromatic carbocycles. The predicted octanol–water partition coefficient (Wildman–Crippen LogP) is 2.98. The smallest absolute Gasteiger partial charge is 0.330 e. The minimum atomic E-state index is -2.99. The molecule has 13 heteroatoms. The summed E-state index contributed by atoms with van der Waals surface area (Å²) in [5, 5.41) is 0. The molecule has 1 N–H and O–H groups in total. The van der Waals surface area contributed by atoms with Crippen molar-refractivity contribution in [2.45, 2.75) is 64.3 Å². The Morgan fingerprint density at radius 3 is 2.40 bits per heavy atom. The number of nitrogens with zero attached hydrogens (tertiary/aromatic N) is 2. The fourth-order valence-corrected chi connectivity index (χ4v) is 6.62. The molecule has 1 saturated heterocycles. The van der Waals surface area contributed by atoms with Gasteiger partial charge in [-0.15, -0.1) is 0 Å². The molecule has 0 radical (unpaired) electrons. The lowest BCUT2D eigenvalue weighted by molar-refractivity contribution is -0.0755. The van der Waals surface area contributed by atoms with Crippen molar-refractivity contribution in [3.8, 4) is 0 Å². The second kappa shape index (κ2) is 13.4. The second-order valence-corrected chi connectivity index (χ2v) is 13.0. The van der Waals surface area contributed by atoms with Crippen molar-refractivity contribution in [1.82, 2.24) is 14.2 Å². The number of nitrogens with one attached hydrogen (secondary N) is 1. The van der Waals surface area contributed by atoms with E-state index in [2.05, 4.69) is 37.3 Å². The first-order valence-corrected chi connectivity index (χ1v) is 15.3. The fourth-order valence-electron chi connectivity index (χ4n) is 4.02. The van der Waals surface area contributed by atoms with Crippen LogP contribution in [0.25, 0.3) is 0 Å². The highest BCUT2D eigenvalue weighted by Gasteiger charge is 2.48. The Kier molecular flexibility index (Phi) is 11.5. The standard InChI is InChI=1S/C22H39N3O8P2/c1-15(2)25(16(3)4)34(7)33-19-17(10-14-35(8,28)30-6)32-21(20(19)31-13-12-29-5)24-11-9-18(26)23-22(24)27/h9-11,14-17,19-21H,12-13H2,1-8H3,(H,23,26,27)/b14-10+/t17-,19-,20-,21-,34?,35?/m1/s1. The van der Waals surface area contributed by atoms with Gasteiger partial charge in [-0.25, -0.2) is 4.79 Å². The monoisotopic (exact) mass is 535 g/mol. The topological polar surface area (TPSA) is 121 Å². The van der Waals surface area contributed by atoms with E-state index in [4.69, 9.17) is 23.3 Å². The van der Waals surface area contributed by atoms with E-state index in [1.165, 1.54) is 36.4 Å². The highest BCUT2D eigenvalue weighted by atomic mass is 31.2. The number of methoxy groups -OCH3 is 1. The largest absolute Gasteiger partial charge is 0.382 e. The molecule has 0 amide bonds. The quantitative estimate of drug-likeness (QED) is 0.300. The van der Waals surface area contributed by atoms with Crippen LogP contribution in [0.15, 0.2) is 33.7 Å². The first-order valence-electron chi connectivity index (χ1n) is 11.5. The van der Waals surface area contributed by atoms with Gasteiger partial charge in [-0.05, 0) is 46.3 Å². The summed E-state index contributed by atoms with van der Waals surface area (Å²) in [5.41, 5.74) is -1.15. The van der Waals surface area contributed by atoms with Crippen molar-refractivity contribution in [3.05, 3.63) is 45.0 Å². The number of aromatic amines is 1. The third-order valence-electron chi connectivity index (χ3n) is 5.51. The Morgan fingerprint density at radius 1 is 1.20 bits per heavy atom. The minimum Gasteiger partial charge on any atom is -0.382 e. The van der Waals surface area contributed by atoms with E-state index >= 15 is 0 Å². The summed E-state index contributed by atoms with van der Waals surface area (Å²) in [6.07, 6.45) is 0.0558. The lowest BCUT2D eigenvalue weighted by Gasteiger charge is -2.37. The third kappa shape index (κ3) is 8.17. The van der Waals surface area contributed by atoms with Crippen molar-refractivity contribution in [1.29, 1.82) is 0 Å². The molecule has 0 aliphatic carbocycles. The Bertz CT molecular complexity index is 987. The van der Waals surface area contributed by atoms with Crippen molar-refractivity contribution in [3.63, 3.8) is 0 Å². The maximum Gasteiger partial charge on any atom is 0.330 e. The molecule has 0 bridgehead atoms. The lowest BCUT2D eigenvalue weighted by Crippen LogP contribution is -2.41. The van der Waals surface area contributed by atoms with E-state index in [9.17, 15) is 14.2 Å². The van der Waals surface area contributed by atoms with Crippen LogP contribution in [0.1, 0.15) is 33.9 Å². The number of rotatable bonds is 13. The predicted molar refractivity (Wildman–Crippen MR) is 136 cm³/mol. The SMILES string of the molecule is COCCO[C@@H]1[C@H](OP(C)N(C(C)C)C(C)C)[C@@H](/C=C/P(C)(=O)OC)O[C@H]1n1ccc(=O)[nH]c1=O. The Labute approximate surface area is 208 Å². The van der Waals surface area contributed by atoms with Gasteiger partial charge >= 0.3 is 5.69 Å². The van der Waals surface area contributed by atoms with Crippen molar-refractivity contribution >= 4 is 15.7 Å². The van der Waals surface area contributed by atoms with Gasteiger partial charge in [0.2, 0.25) is 7.37 Å². The van der Waals surface area contributed by atoms with E-state index in [-0.39, 0.29) is 18.7 Å². The van der Waals surface area contributed by atoms with E-state index < -0.39 is 51.5 Å². The van der Waals surface area contributed by atoms with Crippen LogP contribution >= 0.6 is 15.7 Å². The first kappa shape index (κ1) is 30.1. The van der Waals surface area contributed by atoms with E-state index in [0.29, 0.717) is 6.61 Å². The molecule has 1 aliphatic heterocycles. The van der Waals surface area contributed by atoms with Crippen molar-refractivity contribution in [2.75, 3.05) is 40.8 Å². The molecule has 1 aromatic heterocycles. The average Bonchev–Trinajstić information content (AvgIpc) is 3.09. The van der Waals surface area contributed by atoms with Crippen LogP contribution in [-0.2, 0) is 27.8 Å². The maximum absolute atomic E-state index is 12.6. The molecule has 35 heavy (non-hydrogen) atoms. The van der Waals surface area contributed by atoms with Crippen LogP contribution in [0.4, 0.5) is 0 Å². The molecule has 0 spiro atoms. The maximum atomic E-state index is 12.6. The van der Waals surface area contributed by atoms with Crippen LogP contribution < -0.4 is 11.2 Å². The number of hydrogen-bond donors (Lipinski definition) is 1. The number of ether oxygens (including phenoxy) is 3. The number of aromatic nitrogens is 2. The molecule has 1 aromatic rings. The molecule has 2 unspecified atom stereocenters. The van der Waals surface area contributed by atoms with Crippen LogP contribution in [0.2, 0.25) is 0 Å². The van der Waals surface area contributed by atoms with Crippen molar-refractivity contribution < 1.29 is 27.8 Å². The molecule has 200 valence electrons. The van der Waals surface area contributed by atoms with E-state index in [1.54, 1.807) is 13.2 Å². The van der Waals surface area contributed by atoms with Gasteiger partial charge in [-0.1, -0.05) is 0 Å². The summed E-state index contributed by atoms with van der Waals surface area (Å²) in [4.78, 5) is 26.5. The molecule has 1 fully saturated rings. The summed E-state index contributed by atoms with van der Waals surface area (Å²) in [6, 6.07) is 1.71. The van der Waals surface area contributed by atoms with Gasteiger partial charge in [0.25, 0.3) is 5.56 Å². The zero-order valence-corrected chi connectivity index (χ0v) is 23.5. The summed E-state index contributed by atoms with van der Waals surface area (Å²) < 4.78 is 45.3.